The molecule has 0 aliphatic heterocycles. The molecule has 208 valence electrons. The van der Waals surface area contributed by atoms with Gasteiger partial charge in [0.25, 0.3) is 0 Å². The Labute approximate surface area is 226 Å². The first kappa shape index (κ1) is 29.2. The maximum Gasteiger partial charge on any atom is 0.419 e. The smallest absolute Gasteiger partial charge is 0.419 e. The van der Waals surface area contributed by atoms with Gasteiger partial charge in [-0.05, 0) is 38.0 Å². The zero-order chi connectivity index (χ0) is 28.6. The predicted molar refractivity (Wildman–Crippen MR) is 142 cm³/mol. The molecule has 0 bridgehead atoms. The number of ether oxygens (including phenoxy) is 3. The maximum absolute atomic E-state index is 12.9. The Kier molecular flexibility index (Phi) is 9.67. The molecular formula is C28H33N3O8. The van der Waals surface area contributed by atoms with Gasteiger partial charge in [-0.1, -0.05) is 48.5 Å². The average Bonchev–Trinajstić information content (AvgIpc) is 3.28. The number of aliphatic hydroxyl groups excluding tert-OH is 1. The van der Waals surface area contributed by atoms with Gasteiger partial charge in [-0.15, -0.1) is 0 Å². The summed E-state index contributed by atoms with van der Waals surface area (Å²) in [5.41, 5.74) is 1.16. The molecule has 0 saturated carbocycles. The van der Waals surface area contributed by atoms with Gasteiger partial charge in [0.1, 0.15) is 24.3 Å². The van der Waals surface area contributed by atoms with E-state index in [1.165, 1.54) is 11.7 Å². The van der Waals surface area contributed by atoms with Crippen molar-refractivity contribution in [1.29, 1.82) is 0 Å². The van der Waals surface area contributed by atoms with E-state index in [4.69, 9.17) is 14.2 Å². The van der Waals surface area contributed by atoms with Gasteiger partial charge < -0.3 is 30.0 Å². The lowest BCUT2D eigenvalue weighted by molar-refractivity contribution is -0.145. The van der Waals surface area contributed by atoms with E-state index in [0.29, 0.717) is 16.5 Å². The van der Waals surface area contributed by atoms with Gasteiger partial charge in [-0.2, -0.15) is 0 Å². The summed E-state index contributed by atoms with van der Waals surface area (Å²) < 4.78 is 16.8. The molecular weight excluding hydrogens is 506 g/mol. The van der Waals surface area contributed by atoms with Gasteiger partial charge >= 0.3 is 18.2 Å². The van der Waals surface area contributed by atoms with Crippen molar-refractivity contribution in [2.75, 3.05) is 13.7 Å². The molecule has 0 aliphatic carbocycles. The van der Waals surface area contributed by atoms with Crippen LogP contribution in [0.2, 0.25) is 0 Å². The number of methoxy groups -OCH3 is 1. The van der Waals surface area contributed by atoms with Gasteiger partial charge in [0.2, 0.25) is 5.91 Å². The van der Waals surface area contributed by atoms with Crippen molar-refractivity contribution < 1.29 is 38.5 Å². The topological polar surface area (TPSA) is 145 Å². The number of nitrogens with zero attached hydrogens (tertiary/aromatic N) is 1. The number of para-hydroxylation sites is 1. The van der Waals surface area contributed by atoms with Crippen LogP contribution in [-0.4, -0.2) is 65.1 Å². The number of fused-ring (bicyclic) bond motifs is 1. The summed E-state index contributed by atoms with van der Waals surface area (Å²) in [4.78, 5) is 50.5. The number of nitrogens with one attached hydrogen (secondary N) is 2. The first-order valence-electron chi connectivity index (χ1n) is 12.3. The molecule has 0 saturated heterocycles. The third kappa shape index (κ3) is 8.05. The Hall–Kier alpha value is -4.38. The first-order chi connectivity index (χ1) is 18.5. The Morgan fingerprint density at radius 3 is 2.26 bits per heavy atom. The lowest BCUT2D eigenvalue weighted by Crippen LogP contribution is -2.54. The summed E-state index contributed by atoms with van der Waals surface area (Å²) in [6.45, 7) is 4.49. The number of aliphatic hydroxyl groups is 1. The quantitative estimate of drug-likeness (QED) is 0.278. The Bertz CT molecular complexity index is 1310. The van der Waals surface area contributed by atoms with E-state index in [1.54, 1.807) is 75.5 Å². The third-order valence-electron chi connectivity index (χ3n) is 5.61. The zero-order valence-corrected chi connectivity index (χ0v) is 22.3. The molecule has 0 spiro atoms. The highest BCUT2D eigenvalue weighted by Crippen LogP contribution is 2.24. The fraction of sp³-hybridized carbons (Fsp3) is 0.357. The number of aromatic nitrogens is 1. The highest BCUT2D eigenvalue weighted by atomic mass is 16.6. The number of carbonyl (C=O) groups excluding carboxylic acids is 4. The second-order valence-corrected chi connectivity index (χ2v) is 9.75. The number of carbonyl (C=O) groups is 4. The number of amides is 2. The molecule has 39 heavy (non-hydrogen) atoms. The summed E-state index contributed by atoms with van der Waals surface area (Å²) in [6, 6.07) is 13.4. The van der Waals surface area contributed by atoms with Crippen molar-refractivity contribution in [3.8, 4) is 0 Å². The molecule has 0 radical (unpaired) electrons. The molecule has 11 nitrogen and oxygen atoms in total. The van der Waals surface area contributed by atoms with E-state index < -0.39 is 48.4 Å². The molecule has 3 N–H and O–H groups in total. The van der Waals surface area contributed by atoms with Crippen molar-refractivity contribution in [2.45, 2.75) is 51.5 Å². The fourth-order valence-electron chi connectivity index (χ4n) is 3.80. The van der Waals surface area contributed by atoms with Crippen molar-refractivity contribution >= 4 is 35.0 Å². The Morgan fingerprint density at radius 1 is 0.949 bits per heavy atom. The largest absolute Gasteiger partial charge is 0.467 e. The highest BCUT2D eigenvalue weighted by Gasteiger charge is 2.29. The molecule has 2 aromatic carbocycles. The molecule has 3 rings (SSSR count). The summed E-state index contributed by atoms with van der Waals surface area (Å²) in [5.74, 6) is -1.57. The van der Waals surface area contributed by atoms with Gasteiger partial charge in [-0.25, -0.2) is 14.4 Å². The van der Waals surface area contributed by atoms with E-state index in [-0.39, 0.29) is 13.0 Å². The van der Waals surface area contributed by atoms with Gasteiger partial charge in [0, 0.05) is 18.0 Å². The van der Waals surface area contributed by atoms with Crippen LogP contribution in [0.1, 0.15) is 31.9 Å². The van der Waals surface area contributed by atoms with Crippen molar-refractivity contribution in [1.82, 2.24) is 15.2 Å². The number of esters is 1. The molecule has 2 atom stereocenters. The standard InChI is InChI=1S/C28H33N3O8/c1-28(2,3)39-27(36)31-15-19(20-12-8-9-13-23(20)31)14-21(25(34)37-4)29-24(33)22(16-32)30-26(35)38-17-18-10-6-5-7-11-18/h5-13,15,21-22,32H,14,16-17H2,1-4H3,(H,29,33)(H,30,35)/t21-,22-/m0/s1. The molecule has 0 aliphatic rings. The van der Waals surface area contributed by atoms with Crippen LogP contribution in [0.3, 0.4) is 0 Å². The second kappa shape index (κ2) is 12.9. The molecule has 0 fully saturated rings. The molecule has 0 unspecified atom stereocenters. The van der Waals surface area contributed by atoms with Crippen LogP contribution >= 0.6 is 0 Å². The van der Waals surface area contributed by atoms with Crippen molar-refractivity contribution in [3.63, 3.8) is 0 Å². The van der Waals surface area contributed by atoms with E-state index >= 15 is 0 Å². The lowest BCUT2D eigenvalue weighted by atomic mass is 10.0. The number of hydrogen-bond donors (Lipinski definition) is 3. The summed E-state index contributed by atoms with van der Waals surface area (Å²) in [7, 11) is 1.17. The number of alkyl carbamates (subject to hydrolysis) is 1. The highest BCUT2D eigenvalue weighted by molar-refractivity contribution is 5.93. The number of rotatable bonds is 9. The zero-order valence-electron chi connectivity index (χ0n) is 22.3. The van der Waals surface area contributed by atoms with Crippen LogP contribution in [0.4, 0.5) is 9.59 Å². The van der Waals surface area contributed by atoms with Crippen LogP contribution in [-0.2, 0) is 36.8 Å². The minimum Gasteiger partial charge on any atom is -0.467 e. The normalized spacial score (nSPS) is 12.7. The molecule has 3 aromatic rings. The fourth-order valence-corrected chi connectivity index (χ4v) is 3.80. The van der Waals surface area contributed by atoms with Crippen LogP contribution in [0, 0.1) is 0 Å². The van der Waals surface area contributed by atoms with E-state index in [1.807, 2.05) is 6.07 Å². The maximum atomic E-state index is 12.9. The third-order valence-corrected chi connectivity index (χ3v) is 5.61. The molecule has 11 heteroatoms. The molecule has 2 amide bonds. The van der Waals surface area contributed by atoms with Gasteiger partial charge in [0.15, 0.2) is 0 Å². The van der Waals surface area contributed by atoms with Crippen LogP contribution in [0.25, 0.3) is 10.9 Å². The van der Waals surface area contributed by atoms with E-state index in [9.17, 15) is 24.3 Å². The monoisotopic (exact) mass is 539 g/mol. The van der Waals surface area contributed by atoms with E-state index in [2.05, 4.69) is 10.6 Å². The molecule has 1 heterocycles. The summed E-state index contributed by atoms with van der Waals surface area (Å²) in [5, 5.41) is 15.2. The summed E-state index contributed by atoms with van der Waals surface area (Å²) in [6.07, 6.45) is -0.000198. The SMILES string of the molecule is COC(=O)[C@H](Cc1cn(C(=O)OC(C)(C)C)c2ccccc12)NC(=O)[C@H](CO)NC(=O)OCc1ccccc1. The van der Waals surface area contributed by atoms with Crippen LogP contribution in [0.15, 0.2) is 60.8 Å². The summed E-state index contributed by atoms with van der Waals surface area (Å²) >= 11 is 0. The van der Waals surface area contributed by atoms with Crippen molar-refractivity contribution in [3.05, 3.63) is 71.9 Å². The second-order valence-electron chi connectivity index (χ2n) is 9.75. The Balaban J connectivity index is 1.74. The average molecular weight is 540 g/mol. The van der Waals surface area contributed by atoms with Crippen LogP contribution < -0.4 is 10.6 Å². The predicted octanol–water partition coefficient (Wildman–Crippen LogP) is 2.91. The minimum absolute atomic E-state index is 0.0288. The molecule has 1 aromatic heterocycles. The van der Waals surface area contributed by atoms with Crippen molar-refractivity contribution in [2.24, 2.45) is 0 Å². The number of benzene rings is 2. The number of hydrogen-bond acceptors (Lipinski definition) is 8. The first-order valence-corrected chi connectivity index (χ1v) is 12.3. The lowest BCUT2D eigenvalue weighted by Gasteiger charge is -2.21. The Morgan fingerprint density at radius 2 is 1.62 bits per heavy atom. The van der Waals surface area contributed by atoms with Gasteiger partial charge in [-0.3, -0.25) is 9.36 Å². The van der Waals surface area contributed by atoms with Gasteiger partial charge in [0.05, 0.1) is 19.2 Å². The minimum atomic E-state index is -1.39. The van der Waals surface area contributed by atoms with E-state index in [0.717, 1.165) is 5.56 Å². The van der Waals surface area contributed by atoms with Crippen LogP contribution in [0.5, 0.6) is 0 Å².